The standard InChI is InChI=1S/C20H20Cl3N3/c1-20(25,11-24)16(9-12-3-2-4-17(22)19(12)23)14-7-8-26-18-10-13(21)5-6-15(14)18/h2-8,10,16H,9,11,24-25H2,1H3. The van der Waals surface area contributed by atoms with E-state index in [0.29, 0.717) is 28.0 Å². The zero-order valence-electron chi connectivity index (χ0n) is 14.3. The van der Waals surface area contributed by atoms with Crippen LogP contribution in [0.3, 0.4) is 0 Å². The van der Waals surface area contributed by atoms with Gasteiger partial charge < -0.3 is 11.5 Å². The number of halogens is 3. The maximum Gasteiger partial charge on any atom is 0.0719 e. The van der Waals surface area contributed by atoms with Gasteiger partial charge in [-0.15, -0.1) is 0 Å². The molecule has 0 aliphatic heterocycles. The maximum atomic E-state index is 6.60. The number of nitrogens with zero attached hydrogens (tertiary/aromatic N) is 1. The Labute approximate surface area is 168 Å². The van der Waals surface area contributed by atoms with Gasteiger partial charge in [-0.05, 0) is 48.7 Å². The van der Waals surface area contributed by atoms with Gasteiger partial charge in [-0.2, -0.15) is 0 Å². The second kappa shape index (κ2) is 7.71. The van der Waals surface area contributed by atoms with Gasteiger partial charge >= 0.3 is 0 Å². The number of benzene rings is 2. The van der Waals surface area contributed by atoms with E-state index in [9.17, 15) is 0 Å². The Hall–Kier alpha value is -1.36. The normalized spacial score (nSPS) is 15.0. The lowest BCUT2D eigenvalue weighted by molar-refractivity contribution is 0.384. The van der Waals surface area contributed by atoms with Gasteiger partial charge in [-0.3, -0.25) is 4.98 Å². The number of hydrogen-bond donors (Lipinski definition) is 2. The third kappa shape index (κ3) is 3.83. The van der Waals surface area contributed by atoms with Crippen LogP contribution in [0.4, 0.5) is 0 Å². The maximum absolute atomic E-state index is 6.60. The van der Waals surface area contributed by atoms with Crippen LogP contribution in [0.5, 0.6) is 0 Å². The van der Waals surface area contributed by atoms with Gasteiger partial charge in [0.25, 0.3) is 0 Å². The van der Waals surface area contributed by atoms with Crippen molar-refractivity contribution in [1.29, 1.82) is 0 Å². The summed E-state index contributed by atoms with van der Waals surface area (Å²) in [5.41, 5.74) is 14.8. The van der Waals surface area contributed by atoms with Crippen molar-refractivity contribution in [2.75, 3.05) is 6.54 Å². The summed E-state index contributed by atoms with van der Waals surface area (Å²) in [5, 5.41) is 2.73. The number of aromatic nitrogens is 1. The first-order valence-electron chi connectivity index (χ1n) is 8.29. The lowest BCUT2D eigenvalue weighted by atomic mass is 9.76. The third-order valence-corrected chi connectivity index (χ3v) is 5.90. The van der Waals surface area contributed by atoms with Gasteiger partial charge in [0.05, 0.1) is 15.6 Å². The molecule has 1 heterocycles. The van der Waals surface area contributed by atoms with Crippen molar-refractivity contribution in [3.8, 4) is 0 Å². The summed E-state index contributed by atoms with van der Waals surface area (Å²) >= 11 is 18.7. The monoisotopic (exact) mass is 407 g/mol. The van der Waals surface area contributed by atoms with Crippen molar-refractivity contribution in [1.82, 2.24) is 4.98 Å². The molecule has 0 aliphatic carbocycles. The van der Waals surface area contributed by atoms with Crippen LogP contribution in [-0.4, -0.2) is 17.1 Å². The van der Waals surface area contributed by atoms with Crippen molar-refractivity contribution in [3.63, 3.8) is 0 Å². The predicted molar refractivity (Wildman–Crippen MR) is 111 cm³/mol. The Kier molecular flexibility index (Phi) is 5.75. The quantitative estimate of drug-likeness (QED) is 0.610. The second-order valence-corrected chi connectivity index (χ2v) is 7.96. The molecule has 0 fully saturated rings. The van der Waals surface area contributed by atoms with Crippen LogP contribution in [0.1, 0.15) is 24.0 Å². The van der Waals surface area contributed by atoms with E-state index in [2.05, 4.69) is 4.98 Å². The second-order valence-electron chi connectivity index (χ2n) is 6.74. The summed E-state index contributed by atoms with van der Waals surface area (Å²) in [6.45, 7) is 2.28. The molecule has 136 valence electrons. The largest absolute Gasteiger partial charge is 0.329 e. The van der Waals surface area contributed by atoms with Crippen LogP contribution in [0, 0.1) is 0 Å². The Morgan fingerprint density at radius 3 is 2.62 bits per heavy atom. The van der Waals surface area contributed by atoms with Gasteiger partial charge in [-0.1, -0.05) is 53.0 Å². The first-order chi connectivity index (χ1) is 12.3. The third-order valence-electron chi connectivity index (χ3n) is 4.81. The van der Waals surface area contributed by atoms with E-state index in [1.54, 1.807) is 12.3 Å². The van der Waals surface area contributed by atoms with E-state index >= 15 is 0 Å². The molecule has 2 atom stereocenters. The van der Waals surface area contributed by atoms with E-state index in [1.165, 1.54) is 0 Å². The van der Waals surface area contributed by atoms with Gasteiger partial charge in [0.15, 0.2) is 0 Å². The average Bonchev–Trinajstić information content (AvgIpc) is 2.62. The Bertz CT molecular complexity index is 941. The topological polar surface area (TPSA) is 64.9 Å². The summed E-state index contributed by atoms with van der Waals surface area (Å²) in [4.78, 5) is 4.43. The van der Waals surface area contributed by atoms with E-state index in [1.807, 2.05) is 43.3 Å². The van der Waals surface area contributed by atoms with Crippen LogP contribution in [-0.2, 0) is 6.42 Å². The molecule has 3 rings (SSSR count). The molecule has 4 N–H and O–H groups in total. The molecule has 0 saturated heterocycles. The molecule has 6 heteroatoms. The molecule has 0 amide bonds. The number of pyridine rings is 1. The molecule has 0 spiro atoms. The summed E-state index contributed by atoms with van der Waals surface area (Å²) in [6.07, 6.45) is 2.39. The molecule has 0 saturated carbocycles. The van der Waals surface area contributed by atoms with Crippen molar-refractivity contribution in [2.24, 2.45) is 11.5 Å². The van der Waals surface area contributed by atoms with Gasteiger partial charge in [0.1, 0.15) is 0 Å². The fourth-order valence-electron chi connectivity index (χ4n) is 3.21. The van der Waals surface area contributed by atoms with Crippen LogP contribution < -0.4 is 11.5 Å². The highest BCUT2D eigenvalue weighted by atomic mass is 35.5. The fourth-order valence-corrected chi connectivity index (χ4v) is 3.78. The van der Waals surface area contributed by atoms with Crippen LogP contribution in [0.2, 0.25) is 15.1 Å². The molecular formula is C20H20Cl3N3. The van der Waals surface area contributed by atoms with Gasteiger partial charge in [-0.25, -0.2) is 0 Å². The lowest BCUT2D eigenvalue weighted by Crippen LogP contribution is -2.50. The Morgan fingerprint density at radius 2 is 1.88 bits per heavy atom. The first-order valence-corrected chi connectivity index (χ1v) is 9.43. The average molecular weight is 409 g/mol. The highest BCUT2D eigenvalue weighted by Crippen LogP contribution is 2.37. The van der Waals surface area contributed by atoms with Crippen molar-refractivity contribution in [2.45, 2.75) is 24.8 Å². The smallest absolute Gasteiger partial charge is 0.0719 e. The Morgan fingerprint density at radius 1 is 1.12 bits per heavy atom. The SMILES string of the molecule is CC(N)(CN)C(Cc1cccc(Cl)c1Cl)c1ccnc2cc(Cl)ccc12. The summed E-state index contributed by atoms with van der Waals surface area (Å²) < 4.78 is 0. The van der Waals surface area contributed by atoms with Crippen molar-refractivity contribution < 1.29 is 0 Å². The van der Waals surface area contributed by atoms with Gasteiger partial charge in [0.2, 0.25) is 0 Å². The number of rotatable bonds is 5. The van der Waals surface area contributed by atoms with Crippen LogP contribution in [0.15, 0.2) is 48.7 Å². The van der Waals surface area contributed by atoms with Crippen molar-refractivity contribution in [3.05, 3.63) is 74.9 Å². The molecule has 2 unspecified atom stereocenters. The number of fused-ring (bicyclic) bond motifs is 1. The molecule has 1 aromatic heterocycles. The lowest BCUT2D eigenvalue weighted by Gasteiger charge is -2.34. The molecule has 3 aromatic rings. The zero-order valence-corrected chi connectivity index (χ0v) is 16.6. The minimum absolute atomic E-state index is 0.0739. The predicted octanol–water partition coefficient (Wildman–Crippen LogP) is 5.20. The highest BCUT2D eigenvalue weighted by Gasteiger charge is 2.32. The summed E-state index contributed by atoms with van der Waals surface area (Å²) in [7, 11) is 0. The number of nitrogens with two attached hydrogens (primary N) is 2. The molecule has 26 heavy (non-hydrogen) atoms. The van der Waals surface area contributed by atoms with E-state index < -0.39 is 5.54 Å². The Balaban J connectivity index is 2.15. The van der Waals surface area contributed by atoms with E-state index in [0.717, 1.165) is 22.0 Å². The van der Waals surface area contributed by atoms with Crippen LogP contribution in [0.25, 0.3) is 10.9 Å². The van der Waals surface area contributed by atoms with E-state index in [-0.39, 0.29) is 5.92 Å². The molecule has 2 aromatic carbocycles. The highest BCUT2D eigenvalue weighted by molar-refractivity contribution is 6.42. The van der Waals surface area contributed by atoms with Gasteiger partial charge in [0, 0.05) is 34.6 Å². The molecule has 0 bridgehead atoms. The summed E-state index contributed by atoms with van der Waals surface area (Å²) in [5.74, 6) is -0.0739. The molecular weight excluding hydrogens is 389 g/mol. The first kappa shape index (κ1) is 19.4. The minimum atomic E-state index is -0.639. The zero-order chi connectivity index (χ0) is 18.9. The molecule has 3 nitrogen and oxygen atoms in total. The van der Waals surface area contributed by atoms with Crippen LogP contribution >= 0.6 is 34.8 Å². The molecule has 0 aliphatic rings. The van der Waals surface area contributed by atoms with E-state index in [4.69, 9.17) is 46.3 Å². The number of hydrogen-bond acceptors (Lipinski definition) is 3. The summed E-state index contributed by atoms with van der Waals surface area (Å²) in [6, 6.07) is 13.3. The van der Waals surface area contributed by atoms with Crippen molar-refractivity contribution >= 4 is 45.7 Å². The minimum Gasteiger partial charge on any atom is -0.329 e. The fraction of sp³-hybridized carbons (Fsp3) is 0.250. The molecule has 0 radical (unpaired) electrons.